The molecule has 0 spiro atoms. The Morgan fingerprint density at radius 2 is 1.78 bits per heavy atom. The van der Waals surface area contributed by atoms with Crippen LogP contribution in [0.3, 0.4) is 0 Å². The Morgan fingerprint density at radius 1 is 1.28 bits per heavy atom. The second-order valence-corrected chi connectivity index (χ2v) is 3.88. The zero-order chi connectivity index (χ0) is 14.0. The van der Waals surface area contributed by atoms with Crippen LogP contribution in [0.5, 0.6) is 0 Å². The van der Waals surface area contributed by atoms with Gasteiger partial charge in [-0.15, -0.1) is 0 Å². The molecule has 0 aliphatic carbocycles. The summed E-state index contributed by atoms with van der Waals surface area (Å²) < 4.78 is 54.2. The van der Waals surface area contributed by atoms with Gasteiger partial charge in [-0.05, 0) is 0 Å². The number of nitrogens with one attached hydrogen (secondary N) is 1. The van der Waals surface area contributed by atoms with Crippen LogP contribution in [0, 0.1) is 0 Å². The predicted molar refractivity (Wildman–Crippen MR) is 49.5 cm³/mol. The van der Waals surface area contributed by atoms with E-state index in [2.05, 4.69) is 0 Å². The minimum atomic E-state index is -4.92. The Morgan fingerprint density at radius 3 is 2.17 bits per heavy atom. The maximum absolute atomic E-state index is 12.7. The number of halogens is 4. The molecule has 9 heteroatoms. The summed E-state index contributed by atoms with van der Waals surface area (Å²) in [6, 6.07) is 0. The van der Waals surface area contributed by atoms with Crippen LogP contribution in [-0.2, 0) is 14.3 Å². The first-order valence-electron chi connectivity index (χ1n) is 5.02. The first kappa shape index (κ1) is 14.7. The fraction of sp³-hybridized carbons (Fsp3) is 0.778. The zero-order valence-electron chi connectivity index (χ0n) is 9.09. The highest BCUT2D eigenvalue weighted by molar-refractivity contribution is 5.90. The summed E-state index contributed by atoms with van der Waals surface area (Å²) in [5.74, 6) is -8.76. The molecule has 0 unspecified atom stereocenters. The van der Waals surface area contributed by atoms with Crippen molar-refractivity contribution in [2.75, 3.05) is 13.2 Å². The highest BCUT2D eigenvalue weighted by Gasteiger charge is 2.53. The van der Waals surface area contributed by atoms with Crippen molar-refractivity contribution in [1.29, 1.82) is 0 Å². The Balaban J connectivity index is 2.85. The summed E-state index contributed by atoms with van der Waals surface area (Å²) in [7, 11) is 0. The first-order chi connectivity index (χ1) is 8.22. The Bertz CT molecular complexity index is 341. The van der Waals surface area contributed by atoms with Crippen molar-refractivity contribution in [2.24, 2.45) is 0 Å². The number of carbonyl (C=O) groups is 2. The van der Waals surface area contributed by atoms with Crippen LogP contribution in [0.4, 0.5) is 17.6 Å². The maximum Gasteiger partial charge on any atom is 0.383 e. The summed E-state index contributed by atoms with van der Waals surface area (Å²) in [5, 5.41) is 10.4. The third kappa shape index (κ3) is 2.71. The van der Waals surface area contributed by atoms with E-state index in [9.17, 15) is 27.2 Å². The number of hydrogen-bond donors (Lipinski definition) is 2. The van der Waals surface area contributed by atoms with Crippen molar-refractivity contribution in [3.63, 3.8) is 0 Å². The molecule has 2 N–H and O–H groups in total. The molecule has 1 amide bonds. The molecule has 0 radical (unpaired) electrons. The van der Waals surface area contributed by atoms with Gasteiger partial charge in [0.2, 0.25) is 0 Å². The number of alkyl halides is 4. The molecular formula is C9H11F4NO4. The number of aliphatic carboxylic acids is 1. The number of carboxylic acid groups (broad SMARTS) is 1. The SMILES string of the molecule is O=C(O)C1(NC(=O)C(F)(F)C(F)F)CCOCC1. The molecule has 1 heterocycles. The van der Waals surface area contributed by atoms with Gasteiger partial charge in [-0.25, -0.2) is 13.6 Å². The van der Waals surface area contributed by atoms with Crippen molar-refractivity contribution < 1.29 is 37.0 Å². The minimum absolute atomic E-state index is 0.0627. The van der Waals surface area contributed by atoms with Crippen molar-refractivity contribution >= 4 is 11.9 Å². The van der Waals surface area contributed by atoms with E-state index in [4.69, 9.17) is 9.84 Å². The van der Waals surface area contributed by atoms with Crippen molar-refractivity contribution in [2.45, 2.75) is 30.7 Å². The van der Waals surface area contributed by atoms with Crippen LogP contribution in [-0.4, -0.2) is 48.1 Å². The topological polar surface area (TPSA) is 75.6 Å². The van der Waals surface area contributed by atoms with Crippen molar-refractivity contribution in [1.82, 2.24) is 5.32 Å². The minimum Gasteiger partial charge on any atom is -0.480 e. The lowest BCUT2D eigenvalue weighted by atomic mass is 9.90. The van der Waals surface area contributed by atoms with E-state index in [0.717, 1.165) is 0 Å². The van der Waals surface area contributed by atoms with Gasteiger partial charge in [0.15, 0.2) is 0 Å². The van der Waals surface area contributed by atoms with E-state index in [1.165, 1.54) is 5.32 Å². The molecule has 0 atom stereocenters. The molecule has 0 aromatic heterocycles. The van der Waals surface area contributed by atoms with Gasteiger partial charge < -0.3 is 15.2 Å². The molecule has 0 aromatic rings. The fourth-order valence-corrected chi connectivity index (χ4v) is 1.51. The molecule has 1 rings (SSSR count). The van der Waals surface area contributed by atoms with E-state index in [1.54, 1.807) is 0 Å². The van der Waals surface area contributed by atoms with Gasteiger partial charge in [-0.1, -0.05) is 0 Å². The quantitative estimate of drug-likeness (QED) is 0.737. The third-order valence-electron chi connectivity index (χ3n) is 2.69. The zero-order valence-corrected chi connectivity index (χ0v) is 9.09. The van der Waals surface area contributed by atoms with Gasteiger partial charge in [0, 0.05) is 26.1 Å². The van der Waals surface area contributed by atoms with Gasteiger partial charge in [-0.3, -0.25) is 4.79 Å². The molecule has 0 saturated carbocycles. The van der Waals surface area contributed by atoms with E-state index >= 15 is 0 Å². The van der Waals surface area contributed by atoms with Crippen molar-refractivity contribution in [3.05, 3.63) is 0 Å². The second-order valence-electron chi connectivity index (χ2n) is 3.88. The fourth-order valence-electron chi connectivity index (χ4n) is 1.51. The largest absolute Gasteiger partial charge is 0.480 e. The van der Waals surface area contributed by atoms with Crippen molar-refractivity contribution in [3.8, 4) is 0 Å². The first-order valence-corrected chi connectivity index (χ1v) is 5.02. The summed E-state index contributed by atoms with van der Waals surface area (Å²) in [6.07, 6.45) is -4.70. The Labute approximate surface area is 99.1 Å². The Hall–Kier alpha value is -1.38. The van der Waals surface area contributed by atoms with Gasteiger partial charge in [-0.2, -0.15) is 8.78 Å². The smallest absolute Gasteiger partial charge is 0.383 e. The number of ether oxygens (including phenoxy) is 1. The molecule has 104 valence electrons. The lowest BCUT2D eigenvalue weighted by molar-refractivity contribution is -0.175. The van der Waals surface area contributed by atoms with Gasteiger partial charge in [0.25, 0.3) is 5.91 Å². The highest BCUT2D eigenvalue weighted by Crippen LogP contribution is 2.27. The molecule has 0 aromatic carbocycles. The Kier molecular flexibility index (Phi) is 4.15. The second kappa shape index (κ2) is 5.09. The maximum atomic E-state index is 12.7. The lowest BCUT2D eigenvalue weighted by Crippen LogP contribution is -2.61. The number of rotatable bonds is 4. The molecular weight excluding hydrogens is 262 g/mol. The molecule has 1 fully saturated rings. The van der Waals surface area contributed by atoms with E-state index in [-0.39, 0.29) is 26.1 Å². The standard InChI is InChI=1S/C9H11F4NO4/c10-5(11)9(12,13)6(15)14-8(7(16)17)1-3-18-4-2-8/h5H,1-4H2,(H,14,15)(H,16,17). The summed E-state index contributed by atoms with van der Waals surface area (Å²) in [4.78, 5) is 22.0. The van der Waals surface area contributed by atoms with Crippen LogP contribution in [0.15, 0.2) is 0 Å². The van der Waals surface area contributed by atoms with Gasteiger partial charge >= 0.3 is 18.3 Å². The summed E-state index contributed by atoms with van der Waals surface area (Å²) >= 11 is 0. The number of hydrogen-bond acceptors (Lipinski definition) is 3. The van der Waals surface area contributed by atoms with E-state index in [1.807, 2.05) is 0 Å². The summed E-state index contributed by atoms with van der Waals surface area (Å²) in [5.41, 5.74) is -1.98. The van der Waals surface area contributed by atoms with E-state index in [0.29, 0.717) is 0 Å². The average Bonchev–Trinajstić information content (AvgIpc) is 2.29. The molecule has 5 nitrogen and oxygen atoms in total. The predicted octanol–water partition coefficient (Wildman–Crippen LogP) is 0.637. The lowest BCUT2D eigenvalue weighted by Gasteiger charge is -2.34. The number of carboxylic acids is 1. The van der Waals surface area contributed by atoms with Crippen LogP contribution in [0.2, 0.25) is 0 Å². The average molecular weight is 273 g/mol. The molecule has 0 bridgehead atoms. The summed E-state index contributed by atoms with van der Waals surface area (Å²) in [6.45, 7) is -0.125. The molecule has 1 aliphatic rings. The highest BCUT2D eigenvalue weighted by atomic mass is 19.3. The number of amides is 1. The molecule has 1 saturated heterocycles. The number of carbonyl (C=O) groups excluding carboxylic acids is 1. The monoisotopic (exact) mass is 273 g/mol. The van der Waals surface area contributed by atoms with Gasteiger partial charge in [0.05, 0.1) is 0 Å². The van der Waals surface area contributed by atoms with Crippen LogP contribution >= 0.6 is 0 Å². The van der Waals surface area contributed by atoms with Crippen LogP contribution < -0.4 is 5.32 Å². The molecule has 18 heavy (non-hydrogen) atoms. The van der Waals surface area contributed by atoms with Crippen LogP contribution in [0.1, 0.15) is 12.8 Å². The van der Waals surface area contributed by atoms with E-state index < -0.39 is 29.8 Å². The normalized spacial score (nSPS) is 19.6. The third-order valence-corrected chi connectivity index (χ3v) is 2.69. The van der Waals surface area contributed by atoms with Crippen LogP contribution in [0.25, 0.3) is 0 Å². The van der Waals surface area contributed by atoms with Gasteiger partial charge in [0.1, 0.15) is 5.54 Å². The molecule has 1 aliphatic heterocycles.